The predicted molar refractivity (Wildman–Crippen MR) is 114 cm³/mol. The van der Waals surface area contributed by atoms with Gasteiger partial charge in [0, 0.05) is 18.8 Å². The summed E-state index contributed by atoms with van der Waals surface area (Å²) in [6.45, 7) is 1.93. The largest absolute Gasteiger partial charge is 0.395 e. The monoisotopic (exact) mass is 456 g/mol. The molecule has 0 aliphatic rings. The van der Waals surface area contributed by atoms with Gasteiger partial charge in [-0.25, -0.2) is 28.4 Å². The fourth-order valence-electron chi connectivity index (χ4n) is 3.10. The maximum Gasteiger partial charge on any atom is 0.169 e. The van der Waals surface area contributed by atoms with Gasteiger partial charge in [0.25, 0.3) is 0 Å². The van der Waals surface area contributed by atoms with Gasteiger partial charge in [-0.05, 0) is 19.1 Å². The number of aliphatic hydroxyl groups excluding tert-OH is 1. The molecule has 0 atom stereocenters. The van der Waals surface area contributed by atoms with Crippen LogP contribution in [0.1, 0.15) is 11.4 Å². The summed E-state index contributed by atoms with van der Waals surface area (Å²) in [4.78, 5) is 12.6. The molecule has 0 amide bonds. The molecule has 32 heavy (non-hydrogen) atoms. The average Bonchev–Trinajstić information content (AvgIpc) is 3.19. The van der Waals surface area contributed by atoms with E-state index in [-0.39, 0.29) is 39.6 Å². The number of anilines is 3. The van der Waals surface area contributed by atoms with Gasteiger partial charge in [0.15, 0.2) is 5.82 Å². The van der Waals surface area contributed by atoms with Gasteiger partial charge >= 0.3 is 0 Å². The van der Waals surface area contributed by atoms with E-state index in [0.29, 0.717) is 24.0 Å². The van der Waals surface area contributed by atoms with E-state index in [1.54, 1.807) is 13.0 Å². The zero-order chi connectivity index (χ0) is 22.8. The van der Waals surface area contributed by atoms with Gasteiger partial charge in [-0.15, -0.1) is 0 Å². The van der Waals surface area contributed by atoms with Gasteiger partial charge < -0.3 is 15.7 Å². The maximum atomic E-state index is 14.5. The van der Waals surface area contributed by atoms with Gasteiger partial charge in [-0.2, -0.15) is 10.4 Å². The molecule has 3 heterocycles. The molecule has 162 valence electrons. The van der Waals surface area contributed by atoms with Crippen molar-refractivity contribution in [2.24, 2.45) is 0 Å². The second kappa shape index (κ2) is 8.70. The Labute approximate surface area is 185 Å². The molecular formula is C20H15ClF2N8O. The number of nitrogens with one attached hydrogen (secondary N) is 2. The van der Waals surface area contributed by atoms with Crippen molar-refractivity contribution >= 4 is 40.0 Å². The van der Waals surface area contributed by atoms with Crippen molar-refractivity contribution in [1.29, 1.82) is 5.26 Å². The van der Waals surface area contributed by atoms with E-state index in [4.69, 9.17) is 16.7 Å². The molecule has 0 radical (unpaired) electrons. The van der Waals surface area contributed by atoms with Crippen LogP contribution in [-0.4, -0.2) is 43.0 Å². The van der Waals surface area contributed by atoms with Crippen molar-refractivity contribution in [3.63, 3.8) is 0 Å². The summed E-state index contributed by atoms with van der Waals surface area (Å²) in [7, 11) is 0. The molecule has 4 rings (SSSR count). The molecule has 0 spiro atoms. The van der Waals surface area contributed by atoms with E-state index in [1.807, 2.05) is 6.07 Å². The third-order valence-electron chi connectivity index (χ3n) is 4.38. The number of hydrogen-bond donors (Lipinski definition) is 3. The van der Waals surface area contributed by atoms with Crippen molar-refractivity contribution < 1.29 is 13.9 Å². The molecule has 0 saturated heterocycles. The summed E-state index contributed by atoms with van der Waals surface area (Å²) < 4.78 is 29.3. The van der Waals surface area contributed by atoms with E-state index in [1.165, 1.54) is 10.9 Å². The molecule has 12 heteroatoms. The summed E-state index contributed by atoms with van der Waals surface area (Å²) in [5, 5.41) is 28.7. The topological polar surface area (TPSA) is 125 Å². The standard InChI is InChI=1S/C20H15ClF2N8O/c1-10-27-16(25-2-3-32)6-17(28-10)29-20-13-9-31(30-18(13)15(23)8-26-20)19-11(7-24)4-12(22)5-14(19)21/h4-6,8-9,32H,2-3H2,1H3,(H2,25,26,27,28,29). The molecule has 0 saturated carbocycles. The predicted octanol–water partition coefficient (Wildman–Crippen LogP) is 3.47. The minimum Gasteiger partial charge on any atom is -0.395 e. The van der Waals surface area contributed by atoms with Gasteiger partial charge in [0.1, 0.15) is 46.4 Å². The Morgan fingerprint density at radius 1 is 1.22 bits per heavy atom. The lowest BCUT2D eigenvalue weighted by Crippen LogP contribution is -2.09. The van der Waals surface area contributed by atoms with E-state index in [0.717, 1.165) is 18.3 Å². The molecule has 0 bridgehead atoms. The van der Waals surface area contributed by atoms with E-state index >= 15 is 0 Å². The highest BCUT2D eigenvalue weighted by atomic mass is 35.5. The highest BCUT2D eigenvalue weighted by Gasteiger charge is 2.18. The SMILES string of the molecule is Cc1nc(NCCO)cc(Nc2ncc(F)c3nn(-c4c(Cl)cc(F)cc4C#N)cc23)n1. The van der Waals surface area contributed by atoms with Gasteiger partial charge in [0.2, 0.25) is 0 Å². The summed E-state index contributed by atoms with van der Waals surface area (Å²) in [5.41, 5.74) is 0.0263. The lowest BCUT2D eigenvalue weighted by molar-refractivity contribution is 0.311. The number of nitrogens with zero attached hydrogens (tertiary/aromatic N) is 6. The average molecular weight is 457 g/mol. The molecule has 1 aromatic carbocycles. The highest BCUT2D eigenvalue weighted by Crippen LogP contribution is 2.30. The summed E-state index contributed by atoms with van der Waals surface area (Å²) in [6, 6.07) is 5.54. The van der Waals surface area contributed by atoms with Crippen LogP contribution in [0.5, 0.6) is 0 Å². The lowest BCUT2D eigenvalue weighted by Gasteiger charge is -2.09. The van der Waals surface area contributed by atoms with Crippen molar-refractivity contribution in [2.45, 2.75) is 6.92 Å². The van der Waals surface area contributed by atoms with Crippen LogP contribution in [-0.2, 0) is 0 Å². The maximum absolute atomic E-state index is 14.5. The number of benzene rings is 1. The van der Waals surface area contributed by atoms with Crippen molar-refractivity contribution in [1.82, 2.24) is 24.7 Å². The molecule has 0 fully saturated rings. The second-order valence-corrected chi connectivity index (χ2v) is 7.05. The molecule has 0 unspecified atom stereocenters. The Morgan fingerprint density at radius 2 is 2.00 bits per heavy atom. The minimum atomic E-state index is -0.690. The number of fused-ring (bicyclic) bond motifs is 1. The number of halogens is 3. The van der Waals surface area contributed by atoms with Crippen LogP contribution in [0.4, 0.5) is 26.2 Å². The van der Waals surface area contributed by atoms with Gasteiger partial charge in [-0.1, -0.05) is 11.6 Å². The Bertz CT molecular complexity index is 1370. The first kappa shape index (κ1) is 21.4. The third kappa shape index (κ3) is 4.14. The third-order valence-corrected chi connectivity index (χ3v) is 4.67. The quantitative estimate of drug-likeness (QED) is 0.403. The molecular weight excluding hydrogens is 442 g/mol. The number of nitriles is 1. The zero-order valence-corrected chi connectivity index (χ0v) is 17.3. The Balaban J connectivity index is 1.80. The number of aromatic nitrogens is 5. The second-order valence-electron chi connectivity index (χ2n) is 6.65. The van der Waals surface area contributed by atoms with Crippen LogP contribution in [0.3, 0.4) is 0 Å². The lowest BCUT2D eigenvalue weighted by atomic mass is 10.2. The normalized spacial score (nSPS) is 10.9. The van der Waals surface area contributed by atoms with E-state index < -0.39 is 11.6 Å². The first-order valence-electron chi connectivity index (χ1n) is 9.30. The van der Waals surface area contributed by atoms with Crippen LogP contribution < -0.4 is 10.6 Å². The fraction of sp³-hybridized carbons (Fsp3) is 0.150. The fourth-order valence-corrected chi connectivity index (χ4v) is 3.39. The van der Waals surface area contributed by atoms with Crippen LogP contribution in [0.15, 0.2) is 30.6 Å². The van der Waals surface area contributed by atoms with E-state index in [9.17, 15) is 14.0 Å². The van der Waals surface area contributed by atoms with E-state index in [2.05, 4.69) is 30.7 Å². The highest BCUT2D eigenvalue weighted by molar-refractivity contribution is 6.32. The van der Waals surface area contributed by atoms with Gasteiger partial charge in [0.05, 0.1) is 28.8 Å². The van der Waals surface area contributed by atoms with Crippen LogP contribution in [0.2, 0.25) is 5.02 Å². The molecule has 3 aromatic heterocycles. The van der Waals surface area contributed by atoms with Crippen molar-refractivity contribution in [3.05, 3.63) is 58.6 Å². The Hall–Kier alpha value is -3.88. The molecule has 3 N–H and O–H groups in total. The Kier molecular flexibility index (Phi) is 5.81. The minimum absolute atomic E-state index is 0.0313. The molecule has 9 nitrogen and oxygen atoms in total. The number of rotatable bonds is 6. The van der Waals surface area contributed by atoms with Crippen molar-refractivity contribution in [3.8, 4) is 11.8 Å². The zero-order valence-electron chi connectivity index (χ0n) is 16.6. The smallest absolute Gasteiger partial charge is 0.169 e. The van der Waals surface area contributed by atoms with Crippen LogP contribution >= 0.6 is 11.6 Å². The Morgan fingerprint density at radius 3 is 2.75 bits per heavy atom. The van der Waals surface area contributed by atoms with Crippen molar-refractivity contribution in [2.75, 3.05) is 23.8 Å². The number of aryl methyl sites for hydroxylation is 1. The first-order chi connectivity index (χ1) is 15.4. The molecule has 0 aliphatic carbocycles. The number of hydrogen-bond acceptors (Lipinski definition) is 8. The summed E-state index contributed by atoms with van der Waals surface area (Å²) >= 11 is 6.14. The summed E-state index contributed by atoms with van der Waals surface area (Å²) in [5.74, 6) is 0.206. The summed E-state index contributed by atoms with van der Waals surface area (Å²) in [6.07, 6.45) is 2.44. The molecule has 0 aliphatic heterocycles. The number of pyridine rings is 1. The van der Waals surface area contributed by atoms with Crippen LogP contribution in [0, 0.1) is 29.9 Å². The number of aliphatic hydroxyl groups is 1. The van der Waals surface area contributed by atoms with Crippen LogP contribution in [0.25, 0.3) is 16.6 Å². The van der Waals surface area contributed by atoms with Gasteiger partial charge in [-0.3, -0.25) is 0 Å². The first-order valence-corrected chi connectivity index (χ1v) is 9.68. The molecule has 4 aromatic rings.